The molecular weight excluding hydrogens is 418 g/mol. The Balaban J connectivity index is 1.99. The number of aliphatic carboxylic acids is 1. The van der Waals surface area contributed by atoms with Crippen molar-refractivity contribution in [1.82, 2.24) is 14.1 Å². The highest BCUT2D eigenvalue weighted by Crippen LogP contribution is 2.28. The van der Waals surface area contributed by atoms with Gasteiger partial charge < -0.3 is 10.1 Å². The standard InChI is InChI=1S/C26H29N3O4/c1-16(2)11-12-18-7-6-10-22-24(18)25(32)28(14-13-23(30)31)26(33)29(22)17(3)20-15-27-21-9-5-4-8-19(20)21/h4-10,15-17,27H,11-14H2,1-3H3,(H,30,31). The maximum Gasteiger partial charge on any atom is 0.332 e. The van der Waals surface area contributed by atoms with Gasteiger partial charge in [-0.25, -0.2) is 4.79 Å². The lowest BCUT2D eigenvalue weighted by Crippen LogP contribution is -2.42. The average Bonchev–Trinajstić information content (AvgIpc) is 3.21. The van der Waals surface area contributed by atoms with Crippen LogP contribution in [0, 0.1) is 5.92 Å². The van der Waals surface area contributed by atoms with Crippen molar-refractivity contribution in [2.24, 2.45) is 5.92 Å². The quantitative estimate of drug-likeness (QED) is 0.420. The van der Waals surface area contributed by atoms with E-state index in [0.29, 0.717) is 23.2 Å². The molecule has 0 spiro atoms. The zero-order valence-electron chi connectivity index (χ0n) is 19.2. The monoisotopic (exact) mass is 447 g/mol. The Hall–Kier alpha value is -3.61. The van der Waals surface area contributed by atoms with Crippen molar-refractivity contribution in [3.05, 3.63) is 80.6 Å². The maximum atomic E-state index is 13.6. The van der Waals surface area contributed by atoms with Crippen LogP contribution in [0.1, 0.15) is 50.8 Å². The smallest absolute Gasteiger partial charge is 0.332 e. The van der Waals surface area contributed by atoms with Gasteiger partial charge in [0, 0.05) is 29.2 Å². The molecule has 33 heavy (non-hydrogen) atoms. The Morgan fingerprint density at radius 1 is 1.06 bits per heavy atom. The molecule has 2 N–H and O–H groups in total. The van der Waals surface area contributed by atoms with Crippen molar-refractivity contribution in [2.45, 2.75) is 52.6 Å². The van der Waals surface area contributed by atoms with E-state index in [9.17, 15) is 19.5 Å². The Kier molecular flexibility index (Phi) is 6.22. The van der Waals surface area contributed by atoms with Crippen LogP contribution in [0.5, 0.6) is 0 Å². The minimum Gasteiger partial charge on any atom is -0.481 e. The summed E-state index contributed by atoms with van der Waals surface area (Å²) >= 11 is 0. The Labute approximate surface area is 191 Å². The summed E-state index contributed by atoms with van der Waals surface area (Å²) in [5.41, 5.74) is 2.45. The number of fused-ring (bicyclic) bond motifs is 2. The molecular formula is C26H29N3O4. The summed E-state index contributed by atoms with van der Waals surface area (Å²) in [4.78, 5) is 41.5. The molecule has 7 nitrogen and oxygen atoms in total. The number of carboxylic acid groups (broad SMARTS) is 1. The van der Waals surface area contributed by atoms with Gasteiger partial charge >= 0.3 is 11.7 Å². The molecule has 2 aromatic heterocycles. The van der Waals surface area contributed by atoms with Crippen LogP contribution >= 0.6 is 0 Å². The van der Waals surface area contributed by atoms with Crippen LogP contribution in [-0.4, -0.2) is 25.2 Å². The summed E-state index contributed by atoms with van der Waals surface area (Å²) in [7, 11) is 0. The van der Waals surface area contributed by atoms with Gasteiger partial charge in [0.05, 0.1) is 23.4 Å². The minimum atomic E-state index is -1.05. The van der Waals surface area contributed by atoms with Gasteiger partial charge in [0.25, 0.3) is 5.56 Å². The number of aromatic amines is 1. The first-order chi connectivity index (χ1) is 15.8. The minimum absolute atomic E-state index is 0.165. The second-order valence-electron chi connectivity index (χ2n) is 8.96. The molecule has 0 aliphatic heterocycles. The number of hydrogen-bond donors (Lipinski definition) is 2. The Morgan fingerprint density at radius 3 is 2.55 bits per heavy atom. The number of aryl methyl sites for hydroxylation is 1. The topological polar surface area (TPSA) is 97.1 Å². The number of carboxylic acids is 1. The molecule has 0 fully saturated rings. The lowest BCUT2D eigenvalue weighted by Gasteiger charge is -2.21. The predicted molar refractivity (Wildman–Crippen MR) is 130 cm³/mol. The molecule has 0 radical (unpaired) electrons. The summed E-state index contributed by atoms with van der Waals surface area (Å²) in [6, 6.07) is 13.1. The van der Waals surface area contributed by atoms with Crippen LogP contribution in [-0.2, 0) is 17.8 Å². The van der Waals surface area contributed by atoms with Crippen molar-refractivity contribution in [3.63, 3.8) is 0 Å². The largest absolute Gasteiger partial charge is 0.481 e. The van der Waals surface area contributed by atoms with Crippen molar-refractivity contribution in [1.29, 1.82) is 0 Å². The van der Waals surface area contributed by atoms with E-state index < -0.39 is 17.2 Å². The molecule has 4 rings (SSSR count). The van der Waals surface area contributed by atoms with Gasteiger partial charge in [-0.3, -0.25) is 18.7 Å². The number of carbonyl (C=O) groups is 1. The third-order valence-corrected chi connectivity index (χ3v) is 6.28. The lowest BCUT2D eigenvalue weighted by molar-refractivity contribution is -0.137. The summed E-state index contributed by atoms with van der Waals surface area (Å²) in [6.07, 6.45) is 3.22. The van der Waals surface area contributed by atoms with E-state index in [4.69, 9.17) is 0 Å². The first-order valence-electron chi connectivity index (χ1n) is 11.3. The maximum absolute atomic E-state index is 13.6. The number of benzene rings is 2. The van der Waals surface area contributed by atoms with Gasteiger partial charge in [-0.1, -0.05) is 44.2 Å². The highest BCUT2D eigenvalue weighted by atomic mass is 16.4. The van der Waals surface area contributed by atoms with Gasteiger partial charge in [-0.05, 0) is 43.4 Å². The van der Waals surface area contributed by atoms with E-state index in [-0.39, 0.29) is 19.0 Å². The Morgan fingerprint density at radius 2 is 1.82 bits per heavy atom. The van der Waals surface area contributed by atoms with Crippen molar-refractivity contribution in [2.75, 3.05) is 0 Å². The summed E-state index contributed by atoms with van der Waals surface area (Å²) < 4.78 is 2.72. The van der Waals surface area contributed by atoms with E-state index in [0.717, 1.165) is 33.0 Å². The molecule has 2 heterocycles. The van der Waals surface area contributed by atoms with Crippen molar-refractivity contribution >= 4 is 27.8 Å². The van der Waals surface area contributed by atoms with Gasteiger partial charge in [0.1, 0.15) is 0 Å². The van der Waals surface area contributed by atoms with Gasteiger partial charge in [-0.2, -0.15) is 0 Å². The number of H-pyrrole nitrogens is 1. The fourth-order valence-corrected chi connectivity index (χ4v) is 4.50. The van der Waals surface area contributed by atoms with Gasteiger partial charge in [0.2, 0.25) is 0 Å². The van der Waals surface area contributed by atoms with E-state index in [2.05, 4.69) is 18.8 Å². The third-order valence-electron chi connectivity index (χ3n) is 6.28. The average molecular weight is 448 g/mol. The zero-order valence-corrected chi connectivity index (χ0v) is 19.2. The number of hydrogen-bond acceptors (Lipinski definition) is 3. The number of aromatic nitrogens is 3. The van der Waals surface area contributed by atoms with Crippen LogP contribution in [0.4, 0.5) is 0 Å². The molecule has 7 heteroatoms. The first-order valence-corrected chi connectivity index (χ1v) is 11.3. The predicted octanol–water partition coefficient (Wildman–Crippen LogP) is 4.32. The number of nitrogens with one attached hydrogen (secondary N) is 1. The van der Waals surface area contributed by atoms with E-state index >= 15 is 0 Å². The van der Waals surface area contributed by atoms with Crippen LogP contribution < -0.4 is 11.2 Å². The molecule has 1 unspecified atom stereocenters. The first kappa shape index (κ1) is 22.6. The van der Waals surface area contributed by atoms with Crippen LogP contribution in [0.25, 0.3) is 21.8 Å². The fraction of sp³-hybridized carbons (Fsp3) is 0.346. The summed E-state index contributed by atoms with van der Waals surface area (Å²) in [6.45, 7) is 6.03. The molecule has 4 aromatic rings. The van der Waals surface area contributed by atoms with Crippen molar-refractivity contribution < 1.29 is 9.90 Å². The highest BCUT2D eigenvalue weighted by Gasteiger charge is 2.22. The SMILES string of the molecule is CC(C)CCc1cccc2c1c(=O)n(CCC(=O)O)c(=O)n2C(C)c1c[nH]c2ccccc12. The molecule has 0 aliphatic carbocycles. The molecule has 172 valence electrons. The van der Waals surface area contributed by atoms with Gasteiger partial charge in [-0.15, -0.1) is 0 Å². The number of nitrogens with zero attached hydrogens (tertiary/aromatic N) is 2. The normalized spacial score (nSPS) is 12.6. The second kappa shape index (κ2) is 9.10. The third kappa shape index (κ3) is 4.23. The zero-order chi connectivity index (χ0) is 23.7. The molecule has 0 aliphatic rings. The Bertz CT molecular complexity index is 1440. The van der Waals surface area contributed by atoms with Gasteiger partial charge in [0.15, 0.2) is 0 Å². The van der Waals surface area contributed by atoms with E-state index in [1.165, 1.54) is 0 Å². The van der Waals surface area contributed by atoms with Crippen molar-refractivity contribution in [3.8, 4) is 0 Å². The second-order valence-corrected chi connectivity index (χ2v) is 8.96. The number of rotatable bonds is 8. The molecule has 1 atom stereocenters. The van der Waals surface area contributed by atoms with Crippen LogP contribution in [0.2, 0.25) is 0 Å². The van der Waals surface area contributed by atoms with Crippen LogP contribution in [0.3, 0.4) is 0 Å². The molecule has 0 saturated carbocycles. The fourth-order valence-electron chi connectivity index (χ4n) is 4.50. The summed E-state index contributed by atoms with van der Waals surface area (Å²) in [5, 5.41) is 10.7. The van der Waals surface area contributed by atoms with Crippen LogP contribution in [0.15, 0.2) is 58.3 Å². The number of para-hydroxylation sites is 1. The molecule has 0 saturated heterocycles. The summed E-state index contributed by atoms with van der Waals surface area (Å²) in [5.74, 6) is -0.587. The van der Waals surface area contributed by atoms with E-state index in [1.807, 2.05) is 55.6 Å². The highest BCUT2D eigenvalue weighted by molar-refractivity contribution is 5.85. The van der Waals surface area contributed by atoms with E-state index in [1.54, 1.807) is 4.57 Å². The molecule has 2 aromatic carbocycles. The lowest BCUT2D eigenvalue weighted by atomic mass is 9.99. The molecule has 0 bridgehead atoms. The molecule has 0 amide bonds.